The largest absolute Gasteiger partial charge is 0.497 e. The summed E-state index contributed by atoms with van der Waals surface area (Å²) in [7, 11) is 3.18. The fourth-order valence-electron chi connectivity index (χ4n) is 4.58. The summed E-state index contributed by atoms with van der Waals surface area (Å²) in [5.74, 6) is 1.01. The van der Waals surface area contributed by atoms with Gasteiger partial charge in [0.05, 0.1) is 36.5 Å². The summed E-state index contributed by atoms with van der Waals surface area (Å²) in [6.45, 7) is 1.55. The third kappa shape index (κ3) is 4.49. The molecule has 0 saturated heterocycles. The van der Waals surface area contributed by atoms with Crippen LogP contribution in [-0.4, -0.2) is 30.0 Å². The molecule has 37 heavy (non-hydrogen) atoms. The van der Waals surface area contributed by atoms with Crippen molar-refractivity contribution < 1.29 is 18.9 Å². The van der Waals surface area contributed by atoms with Gasteiger partial charge in [-0.05, 0) is 66.6 Å². The molecule has 5 rings (SSSR count). The third-order valence-electron chi connectivity index (χ3n) is 6.33. The van der Waals surface area contributed by atoms with Gasteiger partial charge < -0.3 is 14.0 Å². The lowest BCUT2D eigenvalue weighted by Crippen LogP contribution is -2.25. The van der Waals surface area contributed by atoms with E-state index in [1.54, 1.807) is 32.2 Å². The zero-order chi connectivity index (χ0) is 26.1. The second-order valence-corrected chi connectivity index (χ2v) is 8.91. The molecule has 1 aliphatic rings. The minimum absolute atomic E-state index is 0.111. The Bertz CT molecular complexity index is 1470. The van der Waals surface area contributed by atoms with E-state index in [9.17, 15) is 10.1 Å². The van der Waals surface area contributed by atoms with Crippen molar-refractivity contribution in [3.05, 3.63) is 111 Å². The lowest BCUT2D eigenvalue weighted by molar-refractivity contribution is -0.386. The lowest BCUT2D eigenvalue weighted by Gasteiger charge is -2.26. The van der Waals surface area contributed by atoms with Crippen LogP contribution >= 0.6 is 11.6 Å². The molecule has 0 saturated carbocycles. The van der Waals surface area contributed by atoms with Crippen molar-refractivity contribution in [1.29, 1.82) is 0 Å². The molecule has 188 valence electrons. The van der Waals surface area contributed by atoms with Crippen LogP contribution in [0.5, 0.6) is 11.5 Å². The highest BCUT2D eigenvalue weighted by molar-refractivity contribution is 6.31. The fraction of sp³-hybridized carbons (Fsp3) is 0.185. The number of methoxy groups -OCH3 is 2. The second kappa shape index (κ2) is 9.94. The Morgan fingerprint density at radius 1 is 1.00 bits per heavy atom. The number of hydrogen-bond donors (Lipinski definition) is 0. The Hall–Kier alpha value is -4.37. The van der Waals surface area contributed by atoms with E-state index in [1.807, 2.05) is 66.7 Å². The van der Waals surface area contributed by atoms with Crippen LogP contribution in [0, 0.1) is 17.0 Å². The molecule has 1 aliphatic heterocycles. The Labute approximate surface area is 218 Å². The van der Waals surface area contributed by atoms with Gasteiger partial charge in [0, 0.05) is 5.02 Å². The number of anilines is 1. The molecule has 9 nitrogen and oxygen atoms in total. The Morgan fingerprint density at radius 2 is 1.65 bits per heavy atom. The average Bonchev–Trinajstić information content (AvgIpc) is 3.49. The van der Waals surface area contributed by atoms with Crippen LogP contribution in [0.15, 0.2) is 82.4 Å². The van der Waals surface area contributed by atoms with Crippen LogP contribution in [0.3, 0.4) is 0 Å². The maximum absolute atomic E-state index is 12.1. The quantitative estimate of drug-likeness (QED) is 0.208. The molecule has 0 spiro atoms. The van der Waals surface area contributed by atoms with Crippen LogP contribution in [0.4, 0.5) is 11.4 Å². The monoisotopic (exact) mass is 518 g/mol. The van der Waals surface area contributed by atoms with Crippen molar-refractivity contribution in [3.63, 3.8) is 0 Å². The van der Waals surface area contributed by atoms with Crippen molar-refractivity contribution in [2.45, 2.75) is 18.9 Å². The van der Waals surface area contributed by atoms with Gasteiger partial charge in [0.1, 0.15) is 17.5 Å². The molecule has 10 heteroatoms. The molecule has 2 heterocycles. The summed E-state index contributed by atoms with van der Waals surface area (Å²) >= 11 is 6.35. The lowest BCUT2D eigenvalue weighted by atomic mass is 9.83. The van der Waals surface area contributed by atoms with Gasteiger partial charge in [-0.1, -0.05) is 41.0 Å². The topological polar surface area (TPSA) is 103 Å². The number of ether oxygens (including phenoxy) is 2. The predicted molar refractivity (Wildman–Crippen MR) is 140 cm³/mol. The first-order chi connectivity index (χ1) is 17.9. The number of nitrogens with zero attached hydrogens (tertiary/aromatic N) is 4. The maximum Gasteiger partial charge on any atom is 0.336 e. The van der Waals surface area contributed by atoms with Gasteiger partial charge in [-0.25, -0.2) is 0 Å². The average molecular weight is 519 g/mol. The Kier molecular flexibility index (Phi) is 6.54. The molecular formula is C27H23ClN4O5. The van der Waals surface area contributed by atoms with Gasteiger partial charge in [0.15, 0.2) is 5.69 Å². The number of hydrogen-bond acceptors (Lipinski definition) is 8. The van der Waals surface area contributed by atoms with E-state index in [4.69, 9.17) is 30.7 Å². The van der Waals surface area contributed by atoms with Gasteiger partial charge in [0.2, 0.25) is 5.76 Å². The van der Waals surface area contributed by atoms with Gasteiger partial charge in [-0.15, -0.1) is 0 Å². The number of halogens is 1. The van der Waals surface area contributed by atoms with Crippen molar-refractivity contribution in [2.75, 3.05) is 19.2 Å². The summed E-state index contributed by atoms with van der Waals surface area (Å²) < 4.78 is 16.3. The van der Waals surface area contributed by atoms with Crippen molar-refractivity contribution in [1.82, 2.24) is 5.16 Å². The smallest absolute Gasteiger partial charge is 0.336 e. The van der Waals surface area contributed by atoms with Gasteiger partial charge >= 0.3 is 5.69 Å². The summed E-state index contributed by atoms with van der Waals surface area (Å²) in [5.41, 5.74) is 3.04. The third-order valence-corrected chi connectivity index (χ3v) is 6.56. The molecule has 0 bridgehead atoms. The molecule has 3 aromatic carbocycles. The van der Waals surface area contributed by atoms with E-state index in [0.29, 0.717) is 27.9 Å². The number of aromatic nitrogens is 1. The first-order valence-electron chi connectivity index (χ1n) is 11.4. The van der Waals surface area contributed by atoms with Crippen LogP contribution < -0.4 is 14.5 Å². The zero-order valence-electron chi connectivity index (χ0n) is 20.3. The number of rotatable bonds is 7. The summed E-state index contributed by atoms with van der Waals surface area (Å²) in [6, 6.07) is 21.5. The first kappa shape index (κ1) is 24.3. The van der Waals surface area contributed by atoms with Crippen molar-refractivity contribution in [2.24, 2.45) is 5.10 Å². The zero-order valence-corrected chi connectivity index (χ0v) is 21.0. The SMILES string of the molecule is COc1ccc(C2C(c3cccc(Cl)c3)=NN(c3ccc(OC)cc3)C2c2onc(C)c2[N+](=O)[O-])cc1. The highest BCUT2D eigenvalue weighted by Crippen LogP contribution is 2.49. The van der Waals surface area contributed by atoms with E-state index < -0.39 is 16.9 Å². The fourth-order valence-corrected chi connectivity index (χ4v) is 4.77. The van der Waals surface area contributed by atoms with Gasteiger partial charge in [-0.2, -0.15) is 5.10 Å². The van der Waals surface area contributed by atoms with Crippen LogP contribution in [0.1, 0.15) is 34.5 Å². The molecule has 4 aromatic rings. The normalized spacial score (nSPS) is 17.0. The Balaban J connectivity index is 1.76. The van der Waals surface area contributed by atoms with E-state index in [2.05, 4.69) is 5.16 Å². The van der Waals surface area contributed by atoms with Crippen molar-refractivity contribution in [3.8, 4) is 11.5 Å². The Morgan fingerprint density at radius 3 is 2.24 bits per heavy atom. The highest BCUT2D eigenvalue weighted by Gasteiger charge is 2.47. The number of hydrazone groups is 1. The summed E-state index contributed by atoms with van der Waals surface area (Å²) in [4.78, 5) is 11.6. The van der Waals surface area contributed by atoms with Gasteiger partial charge in [-0.3, -0.25) is 15.1 Å². The highest BCUT2D eigenvalue weighted by atomic mass is 35.5. The molecule has 0 N–H and O–H groups in total. The molecule has 0 aliphatic carbocycles. The second-order valence-electron chi connectivity index (χ2n) is 8.47. The van der Waals surface area contributed by atoms with E-state index in [-0.39, 0.29) is 17.1 Å². The number of aryl methyl sites for hydroxylation is 1. The maximum atomic E-state index is 12.1. The van der Waals surface area contributed by atoms with Crippen molar-refractivity contribution >= 4 is 28.7 Å². The number of benzene rings is 3. The van der Waals surface area contributed by atoms with Gasteiger partial charge in [0.25, 0.3) is 0 Å². The number of nitro groups is 1. The molecule has 0 fully saturated rings. The molecule has 2 atom stereocenters. The van der Waals surface area contributed by atoms with Crippen LogP contribution in [0.25, 0.3) is 0 Å². The predicted octanol–water partition coefficient (Wildman–Crippen LogP) is 6.31. The molecule has 2 unspecified atom stereocenters. The van der Waals surface area contributed by atoms with E-state index in [0.717, 1.165) is 11.1 Å². The van der Waals surface area contributed by atoms with E-state index in [1.165, 1.54) is 0 Å². The molecule has 1 aromatic heterocycles. The minimum atomic E-state index is -0.711. The molecule has 0 radical (unpaired) electrons. The standard InChI is InChI=1S/C27H23ClN4O5/c1-16-25(32(33)34)27(37-30-16)26-23(17-7-11-21(35-2)12-8-17)24(18-5-4-6-19(28)15-18)29-31(26)20-9-13-22(36-3)14-10-20/h4-15,23,26H,1-3H3. The molecule has 0 amide bonds. The van der Waals surface area contributed by atoms with Crippen LogP contribution in [0.2, 0.25) is 5.02 Å². The van der Waals surface area contributed by atoms with E-state index >= 15 is 0 Å². The summed E-state index contributed by atoms with van der Waals surface area (Å²) in [6.07, 6.45) is 0. The summed E-state index contributed by atoms with van der Waals surface area (Å²) in [5, 5.41) is 23.3. The minimum Gasteiger partial charge on any atom is -0.497 e. The molecular weight excluding hydrogens is 496 g/mol. The van der Waals surface area contributed by atoms with Crippen LogP contribution in [-0.2, 0) is 0 Å². The first-order valence-corrected chi connectivity index (χ1v) is 11.8.